The highest BCUT2D eigenvalue weighted by molar-refractivity contribution is 6.05. The summed E-state index contributed by atoms with van der Waals surface area (Å²) < 4.78 is 5.10. The van der Waals surface area contributed by atoms with E-state index in [-0.39, 0.29) is 5.57 Å². The summed E-state index contributed by atoms with van der Waals surface area (Å²) in [7, 11) is 1.58. The molecule has 130 valence electrons. The number of aryl methyl sites for hydroxylation is 1. The number of ether oxygens (including phenoxy) is 1. The van der Waals surface area contributed by atoms with Gasteiger partial charge in [0.2, 0.25) is 0 Å². The van der Waals surface area contributed by atoms with Crippen LogP contribution in [-0.2, 0) is 11.2 Å². The Bertz CT molecular complexity index is 906. The van der Waals surface area contributed by atoms with Crippen molar-refractivity contribution in [1.82, 2.24) is 5.43 Å². The highest BCUT2D eigenvalue weighted by Crippen LogP contribution is 2.21. The van der Waals surface area contributed by atoms with Crippen molar-refractivity contribution in [2.24, 2.45) is 5.10 Å². The highest BCUT2D eigenvalue weighted by Gasteiger charge is 2.16. The molecule has 0 unspecified atom stereocenters. The average molecular weight is 345 g/mol. The van der Waals surface area contributed by atoms with Gasteiger partial charge < -0.3 is 4.74 Å². The Morgan fingerprint density at radius 3 is 2.69 bits per heavy atom. The van der Waals surface area contributed by atoms with E-state index in [1.165, 1.54) is 11.6 Å². The van der Waals surface area contributed by atoms with Crippen molar-refractivity contribution in [1.29, 1.82) is 5.26 Å². The fourth-order valence-electron chi connectivity index (χ4n) is 2.91. The fraction of sp³-hybridized carbons (Fsp3) is 0.190. The average Bonchev–Trinajstić information content (AvgIpc) is 2.70. The number of nitrogens with one attached hydrogen (secondary N) is 1. The van der Waals surface area contributed by atoms with Gasteiger partial charge in [0.1, 0.15) is 17.4 Å². The Morgan fingerprint density at radius 1 is 1.19 bits per heavy atom. The number of carbonyl (C=O) groups excluding carboxylic acids is 1. The number of nitriles is 1. The first-order valence-corrected chi connectivity index (χ1v) is 8.42. The van der Waals surface area contributed by atoms with Crippen LogP contribution in [0.3, 0.4) is 0 Å². The van der Waals surface area contributed by atoms with Crippen LogP contribution in [0, 0.1) is 11.3 Å². The molecular weight excluding hydrogens is 326 g/mol. The summed E-state index contributed by atoms with van der Waals surface area (Å²) in [6.45, 7) is 0. The summed E-state index contributed by atoms with van der Waals surface area (Å²) in [6, 6.07) is 17.1. The lowest BCUT2D eigenvalue weighted by Crippen LogP contribution is -2.23. The van der Waals surface area contributed by atoms with Gasteiger partial charge in [0.25, 0.3) is 5.91 Å². The second-order valence-corrected chi connectivity index (χ2v) is 5.95. The van der Waals surface area contributed by atoms with Gasteiger partial charge in [0, 0.05) is 5.56 Å². The van der Waals surface area contributed by atoms with E-state index in [0.29, 0.717) is 5.75 Å². The summed E-state index contributed by atoms with van der Waals surface area (Å²) in [5.41, 5.74) is 6.42. The molecule has 0 spiro atoms. The zero-order chi connectivity index (χ0) is 18.4. The molecule has 2 aromatic rings. The van der Waals surface area contributed by atoms with Crippen molar-refractivity contribution in [3.8, 4) is 11.8 Å². The molecule has 0 radical (unpaired) electrons. The number of carbonyl (C=O) groups is 1. The third-order valence-electron chi connectivity index (χ3n) is 4.27. The Balaban J connectivity index is 1.76. The molecule has 1 amide bonds. The van der Waals surface area contributed by atoms with Gasteiger partial charge in [-0.2, -0.15) is 10.4 Å². The van der Waals surface area contributed by atoms with Gasteiger partial charge in [-0.05, 0) is 48.6 Å². The number of benzene rings is 2. The molecule has 5 nitrogen and oxygen atoms in total. The molecule has 0 fully saturated rings. The van der Waals surface area contributed by atoms with Crippen molar-refractivity contribution in [2.75, 3.05) is 7.11 Å². The maximum absolute atomic E-state index is 12.3. The molecule has 0 bridgehead atoms. The molecular formula is C21H19N3O2. The lowest BCUT2D eigenvalue weighted by atomic mass is 9.90. The maximum atomic E-state index is 12.3. The van der Waals surface area contributed by atoms with E-state index in [1.807, 2.05) is 24.3 Å². The monoisotopic (exact) mass is 345 g/mol. The van der Waals surface area contributed by atoms with Crippen LogP contribution < -0.4 is 10.2 Å². The van der Waals surface area contributed by atoms with Crippen molar-refractivity contribution < 1.29 is 9.53 Å². The third kappa shape index (κ3) is 3.98. The minimum absolute atomic E-state index is 0.00334. The van der Waals surface area contributed by atoms with Gasteiger partial charge in [-0.3, -0.25) is 4.79 Å². The van der Waals surface area contributed by atoms with Crippen molar-refractivity contribution in [3.05, 3.63) is 70.8 Å². The van der Waals surface area contributed by atoms with Crippen molar-refractivity contribution in [3.63, 3.8) is 0 Å². The van der Waals surface area contributed by atoms with Gasteiger partial charge in [0.15, 0.2) is 0 Å². The predicted octanol–water partition coefficient (Wildman–Crippen LogP) is 3.46. The molecule has 0 saturated heterocycles. The predicted molar refractivity (Wildman–Crippen MR) is 101 cm³/mol. The van der Waals surface area contributed by atoms with Crippen LogP contribution in [-0.4, -0.2) is 18.7 Å². The molecule has 26 heavy (non-hydrogen) atoms. The number of amides is 1. The largest absolute Gasteiger partial charge is 0.497 e. The van der Waals surface area contributed by atoms with Gasteiger partial charge in [-0.15, -0.1) is 0 Å². The van der Waals surface area contributed by atoms with E-state index < -0.39 is 5.91 Å². The number of methoxy groups -OCH3 is 1. The first-order chi connectivity index (χ1) is 12.7. The summed E-state index contributed by atoms with van der Waals surface area (Å²) in [5, 5.41) is 13.6. The number of rotatable bonds is 4. The second kappa shape index (κ2) is 8.13. The standard InChI is InChI=1S/C21H19N3O2/c1-26-18-11-9-15(10-12-18)13-17(14-22)21(25)24-23-20-8-4-6-16-5-2-3-7-19(16)20/h2-3,5,7,9-13H,4,6,8H2,1H3,(H,24,25)/b17-13+,23-20-. The molecule has 0 aliphatic heterocycles. The van der Waals surface area contributed by atoms with Crippen LogP contribution in [0.2, 0.25) is 0 Å². The number of hydrogen-bond acceptors (Lipinski definition) is 4. The highest BCUT2D eigenvalue weighted by atomic mass is 16.5. The Morgan fingerprint density at radius 2 is 1.96 bits per heavy atom. The normalized spacial score (nSPS) is 15.1. The quantitative estimate of drug-likeness (QED) is 0.524. The Kier molecular flexibility index (Phi) is 5.45. The van der Waals surface area contributed by atoms with E-state index in [9.17, 15) is 10.1 Å². The van der Waals surface area contributed by atoms with Crippen molar-refractivity contribution in [2.45, 2.75) is 19.3 Å². The number of nitrogens with zero attached hydrogens (tertiary/aromatic N) is 2. The van der Waals surface area contributed by atoms with Gasteiger partial charge >= 0.3 is 0 Å². The minimum atomic E-state index is -0.515. The topological polar surface area (TPSA) is 74.5 Å². The molecule has 3 rings (SSSR count). The van der Waals surface area contributed by atoms with Crippen LogP contribution in [0.1, 0.15) is 29.5 Å². The Hall–Kier alpha value is -3.39. The van der Waals surface area contributed by atoms with Crippen molar-refractivity contribution >= 4 is 17.7 Å². The molecule has 2 aromatic carbocycles. The van der Waals surface area contributed by atoms with Gasteiger partial charge in [-0.1, -0.05) is 36.4 Å². The molecule has 0 aromatic heterocycles. The third-order valence-corrected chi connectivity index (χ3v) is 4.27. The van der Waals surface area contributed by atoms with Crippen LogP contribution in [0.4, 0.5) is 0 Å². The van der Waals surface area contributed by atoms with E-state index in [2.05, 4.69) is 16.6 Å². The zero-order valence-electron chi connectivity index (χ0n) is 14.5. The van der Waals surface area contributed by atoms with Gasteiger partial charge in [-0.25, -0.2) is 5.43 Å². The van der Waals surface area contributed by atoms with Crippen LogP contribution in [0.5, 0.6) is 5.75 Å². The molecule has 1 aliphatic carbocycles. The van der Waals surface area contributed by atoms with E-state index in [4.69, 9.17) is 4.74 Å². The fourth-order valence-corrected chi connectivity index (χ4v) is 2.91. The molecule has 0 atom stereocenters. The van der Waals surface area contributed by atoms with Crippen LogP contribution >= 0.6 is 0 Å². The maximum Gasteiger partial charge on any atom is 0.282 e. The summed E-state index contributed by atoms with van der Waals surface area (Å²) in [4.78, 5) is 12.3. The van der Waals surface area contributed by atoms with Gasteiger partial charge in [0.05, 0.1) is 12.8 Å². The second-order valence-electron chi connectivity index (χ2n) is 5.95. The lowest BCUT2D eigenvalue weighted by Gasteiger charge is -2.17. The smallest absolute Gasteiger partial charge is 0.282 e. The molecule has 1 aliphatic rings. The number of fused-ring (bicyclic) bond motifs is 1. The lowest BCUT2D eigenvalue weighted by molar-refractivity contribution is -0.117. The number of hydrogen-bond donors (Lipinski definition) is 1. The molecule has 1 N–H and O–H groups in total. The Labute approximate surface area is 152 Å². The zero-order valence-corrected chi connectivity index (χ0v) is 14.5. The first kappa shape index (κ1) is 17.4. The summed E-state index contributed by atoms with van der Waals surface area (Å²) in [6.07, 6.45) is 4.35. The first-order valence-electron chi connectivity index (χ1n) is 8.42. The molecule has 0 heterocycles. The van der Waals surface area contributed by atoms with E-state index >= 15 is 0 Å². The number of hydrazone groups is 1. The molecule has 0 saturated carbocycles. The molecule has 5 heteroatoms. The van der Waals surface area contributed by atoms with Crippen LogP contribution in [0.15, 0.2) is 59.2 Å². The SMILES string of the molecule is COc1ccc(/C=C(\C#N)C(=O)N/N=C2/CCCc3ccccc32)cc1. The van der Waals surface area contributed by atoms with Crippen LogP contribution in [0.25, 0.3) is 6.08 Å². The van der Waals surface area contributed by atoms with E-state index in [1.54, 1.807) is 31.4 Å². The van der Waals surface area contributed by atoms with E-state index in [0.717, 1.165) is 36.1 Å². The summed E-state index contributed by atoms with van der Waals surface area (Å²) in [5.74, 6) is 0.200. The summed E-state index contributed by atoms with van der Waals surface area (Å²) >= 11 is 0. The minimum Gasteiger partial charge on any atom is -0.497 e.